The van der Waals surface area contributed by atoms with Crippen molar-refractivity contribution < 1.29 is 9.84 Å². The van der Waals surface area contributed by atoms with Gasteiger partial charge in [0, 0.05) is 5.56 Å². The summed E-state index contributed by atoms with van der Waals surface area (Å²) in [5, 5.41) is 9.93. The lowest BCUT2D eigenvalue weighted by atomic mass is 10.1. The maximum Gasteiger partial charge on any atom is 0.138 e. The molecule has 4 heteroatoms. The third-order valence-electron chi connectivity index (χ3n) is 1.96. The normalized spacial score (nSPS) is 10.1. The SMILES string of the molecule is C=Cc1cc(OCC)c(Cl)c(CO)c1Cl. The second-order valence-corrected chi connectivity index (χ2v) is 3.62. The van der Waals surface area contributed by atoms with Crippen molar-refractivity contribution in [1.29, 1.82) is 0 Å². The van der Waals surface area contributed by atoms with Gasteiger partial charge >= 0.3 is 0 Å². The van der Waals surface area contributed by atoms with E-state index in [-0.39, 0.29) is 6.61 Å². The number of hydrogen-bond donors (Lipinski definition) is 1. The molecule has 0 fully saturated rings. The maximum atomic E-state index is 9.15. The van der Waals surface area contributed by atoms with Gasteiger partial charge < -0.3 is 9.84 Å². The fraction of sp³-hybridized carbons (Fsp3) is 0.273. The number of ether oxygens (including phenoxy) is 1. The van der Waals surface area contributed by atoms with E-state index >= 15 is 0 Å². The summed E-state index contributed by atoms with van der Waals surface area (Å²) in [6, 6.07) is 1.71. The minimum Gasteiger partial charge on any atom is -0.492 e. The van der Waals surface area contributed by atoms with Crippen molar-refractivity contribution in [3.05, 3.63) is 33.8 Å². The first-order valence-corrected chi connectivity index (χ1v) is 5.28. The van der Waals surface area contributed by atoms with Gasteiger partial charge in [0.1, 0.15) is 5.75 Å². The third kappa shape index (κ3) is 2.46. The molecule has 0 atom stereocenters. The van der Waals surface area contributed by atoms with E-state index in [4.69, 9.17) is 33.0 Å². The van der Waals surface area contributed by atoms with Gasteiger partial charge in [0.15, 0.2) is 0 Å². The van der Waals surface area contributed by atoms with E-state index in [1.165, 1.54) is 0 Å². The standard InChI is InChI=1S/C11H12Cl2O2/c1-3-7-5-9(15-4-2)11(13)8(6-14)10(7)12/h3,5,14H,1,4,6H2,2H3. The van der Waals surface area contributed by atoms with Crippen LogP contribution in [0.4, 0.5) is 0 Å². The zero-order valence-electron chi connectivity index (χ0n) is 8.39. The molecule has 1 N–H and O–H groups in total. The highest BCUT2D eigenvalue weighted by atomic mass is 35.5. The van der Waals surface area contributed by atoms with E-state index in [2.05, 4.69) is 6.58 Å². The van der Waals surface area contributed by atoms with E-state index < -0.39 is 0 Å². The van der Waals surface area contributed by atoms with Crippen LogP contribution < -0.4 is 4.74 Å². The zero-order valence-corrected chi connectivity index (χ0v) is 9.90. The topological polar surface area (TPSA) is 29.5 Å². The maximum absolute atomic E-state index is 9.15. The molecule has 1 aromatic rings. The van der Waals surface area contributed by atoms with Crippen molar-refractivity contribution in [3.63, 3.8) is 0 Å². The van der Waals surface area contributed by atoms with Crippen LogP contribution in [0.2, 0.25) is 10.0 Å². The molecule has 0 bridgehead atoms. The highest BCUT2D eigenvalue weighted by Crippen LogP contribution is 2.36. The molecule has 0 aliphatic carbocycles. The summed E-state index contributed by atoms with van der Waals surface area (Å²) in [5.74, 6) is 0.516. The second kappa shape index (κ2) is 5.40. The van der Waals surface area contributed by atoms with Crippen LogP contribution in [0.15, 0.2) is 12.6 Å². The number of benzene rings is 1. The minimum atomic E-state index is -0.223. The van der Waals surface area contributed by atoms with E-state index in [0.717, 1.165) is 0 Å². The van der Waals surface area contributed by atoms with Gasteiger partial charge in [0.25, 0.3) is 0 Å². The van der Waals surface area contributed by atoms with Gasteiger partial charge in [0.2, 0.25) is 0 Å². The molecule has 0 unspecified atom stereocenters. The summed E-state index contributed by atoms with van der Waals surface area (Å²) in [6.45, 7) is 5.77. The van der Waals surface area contributed by atoms with Crippen LogP contribution in [0.25, 0.3) is 6.08 Å². The quantitative estimate of drug-likeness (QED) is 0.881. The van der Waals surface area contributed by atoms with Gasteiger partial charge in [0.05, 0.1) is 23.3 Å². The van der Waals surface area contributed by atoms with Crippen molar-refractivity contribution in [3.8, 4) is 5.75 Å². The molecule has 0 aliphatic heterocycles. The van der Waals surface area contributed by atoms with Gasteiger partial charge in [-0.25, -0.2) is 0 Å². The average molecular weight is 247 g/mol. The highest BCUT2D eigenvalue weighted by molar-refractivity contribution is 6.37. The van der Waals surface area contributed by atoms with Gasteiger partial charge in [-0.2, -0.15) is 0 Å². The third-order valence-corrected chi connectivity index (χ3v) is 2.82. The molecule has 0 saturated heterocycles. The molecule has 0 aliphatic rings. The Morgan fingerprint density at radius 2 is 2.13 bits per heavy atom. The van der Waals surface area contributed by atoms with Crippen LogP contribution in [0.5, 0.6) is 5.75 Å². The van der Waals surface area contributed by atoms with E-state index in [1.54, 1.807) is 12.1 Å². The van der Waals surface area contributed by atoms with Gasteiger partial charge in [-0.15, -0.1) is 0 Å². The monoisotopic (exact) mass is 246 g/mol. The van der Waals surface area contributed by atoms with Crippen LogP contribution in [0, 0.1) is 0 Å². The first-order chi connectivity index (χ1) is 7.15. The first kappa shape index (κ1) is 12.4. The number of aliphatic hydroxyl groups excluding tert-OH is 1. The summed E-state index contributed by atoms with van der Waals surface area (Å²) in [5.41, 5.74) is 1.17. The Morgan fingerprint density at radius 3 is 2.60 bits per heavy atom. The van der Waals surface area contributed by atoms with Crippen LogP contribution >= 0.6 is 23.2 Å². The van der Waals surface area contributed by atoms with Gasteiger partial charge in [-0.05, 0) is 18.6 Å². The fourth-order valence-electron chi connectivity index (χ4n) is 1.24. The second-order valence-electron chi connectivity index (χ2n) is 2.87. The molecule has 0 saturated carbocycles. The Kier molecular flexibility index (Phi) is 4.45. The molecule has 0 aromatic heterocycles. The van der Waals surface area contributed by atoms with E-state index in [1.807, 2.05) is 6.92 Å². The lowest BCUT2D eigenvalue weighted by Crippen LogP contribution is -1.97. The summed E-state index contributed by atoms with van der Waals surface area (Å²) < 4.78 is 5.33. The largest absolute Gasteiger partial charge is 0.492 e. The van der Waals surface area contributed by atoms with Crippen LogP contribution in [-0.2, 0) is 6.61 Å². The molecule has 0 heterocycles. The fourth-order valence-corrected chi connectivity index (χ4v) is 1.83. The van der Waals surface area contributed by atoms with E-state index in [0.29, 0.717) is 33.5 Å². The Balaban J connectivity index is 3.36. The molecule has 0 spiro atoms. The predicted molar refractivity (Wildman–Crippen MR) is 63.6 cm³/mol. The summed E-state index contributed by atoms with van der Waals surface area (Å²) in [7, 11) is 0. The smallest absolute Gasteiger partial charge is 0.138 e. The zero-order chi connectivity index (χ0) is 11.4. The lowest BCUT2D eigenvalue weighted by molar-refractivity contribution is 0.280. The molecule has 0 amide bonds. The molecule has 82 valence electrons. The lowest BCUT2D eigenvalue weighted by Gasteiger charge is -2.12. The number of halogens is 2. The first-order valence-electron chi connectivity index (χ1n) is 4.52. The highest BCUT2D eigenvalue weighted by Gasteiger charge is 2.14. The summed E-state index contributed by atoms with van der Waals surface area (Å²) >= 11 is 12.0. The molecule has 15 heavy (non-hydrogen) atoms. The van der Waals surface area contributed by atoms with Crippen molar-refractivity contribution in [2.75, 3.05) is 6.61 Å². The van der Waals surface area contributed by atoms with Gasteiger partial charge in [-0.3, -0.25) is 0 Å². The molecular weight excluding hydrogens is 235 g/mol. The van der Waals surface area contributed by atoms with Crippen molar-refractivity contribution in [2.24, 2.45) is 0 Å². The minimum absolute atomic E-state index is 0.223. The predicted octanol–water partition coefficient (Wildman–Crippen LogP) is 3.53. The average Bonchev–Trinajstić information content (AvgIpc) is 2.23. The van der Waals surface area contributed by atoms with Crippen molar-refractivity contribution in [1.82, 2.24) is 0 Å². The number of aliphatic hydroxyl groups is 1. The number of hydrogen-bond acceptors (Lipinski definition) is 2. The van der Waals surface area contributed by atoms with Crippen LogP contribution in [0.1, 0.15) is 18.1 Å². The summed E-state index contributed by atoms with van der Waals surface area (Å²) in [4.78, 5) is 0. The molecule has 0 radical (unpaired) electrons. The molecule has 1 rings (SSSR count). The molecular formula is C11H12Cl2O2. The van der Waals surface area contributed by atoms with Crippen LogP contribution in [-0.4, -0.2) is 11.7 Å². The van der Waals surface area contributed by atoms with E-state index in [9.17, 15) is 0 Å². The molecule has 2 nitrogen and oxygen atoms in total. The van der Waals surface area contributed by atoms with Crippen molar-refractivity contribution >= 4 is 29.3 Å². The Labute approximate surface area is 99.1 Å². The Morgan fingerprint density at radius 1 is 1.47 bits per heavy atom. The summed E-state index contributed by atoms with van der Waals surface area (Å²) in [6.07, 6.45) is 1.60. The Hall–Kier alpha value is -0.700. The van der Waals surface area contributed by atoms with Crippen LogP contribution in [0.3, 0.4) is 0 Å². The molecule has 1 aromatic carbocycles. The number of rotatable bonds is 4. The van der Waals surface area contributed by atoms with Crippen molar-refractivity contribution in [2.45, 2.75) is 13.5 Å². The Bertz CT molecular complexity index is 375. The van der Waals surface area contributed by atoms with Gasteiger partial charge in [-0.1, -0.05) is 35.9 Å².